The largest absolute Gasteiger partial charge is 0.445 e. The summed E-state index contributed by atoms with van der Waals surface area (Å²) in [5, 5.41) is 13.9. The average Bonchev–Trinajstić information content (AvgIpc) is 3.18. The molecule has 0 spiro atoms. The highest BCUT2D eigenvalue weighted by atomic mass is 16.6. The molecule has 2 N–H and O–H groups in total. The van der Waals surface area contributed by atoms with Gasteiger partial charge in [-0.2, -0.15) is 0 Å². The van der Waals surface area contributed by atoms with Crippen LogP contribution in [0.5, 0.6) is 0 Å². The van der Waals surface area contributed by atoms with E-state index in [1.54, 1.807) is 20.8 Å². The van der Waals surface area contributed by atoms with Gasteiger partial charge in [0.1, 0.15) is 24.3 Å². The summed E-state index contributed by atoms with van der Waals surface area (Å²) in [6, 6.07) is 8.36. The van der Waals surface area contributed by atoms with Gasteiger partial charge < -0.3 is 24.5 Å². The molecule has 9 nitrogen and oxygen atoms in total. The van der Waals surface area contributed by atoms with Crippen molar-refractivity contribution in [3.63, 3.8) is 0 Å². The molecule has 2 amide bonds. The van der Waals surface area contributed by atoms with Gasteiger partial charge in [0.2, 0.25) is 11.8 Å². The van der Waals surface area contributed by atoms with E-state index in [9.17, 15) is 9.59 Å². The molecule has 2 atom stereocenters. The van der Waals surface area contributed by atoms with Crippen LogP contribution in [0, 0.1) is 11.8 Å². The Kier molecular flexibility index (Phi) is 9.25. The third-order valence-corrected chi connectivity index (χ3v) is 4.57. The van der Waals surface area contributed by atoms with Crippen LogP contribution in [0.25, 0.3) is 0 Å². The van der Waals surface area contributed by atoms with Crippen LogP contribution in [0.3, 0.4) is 0 Å². The van der Waals surface area contributed by atoms with Crippen LogP contribution in [0.2, 0.25) is 0 Å². The van der Waals surface area contributed by atoms with E-state index in [-0.39, 0.29) is 30.2 Å². The van der Waals surface area contributed by atoms with E-state index < -0.39 is 29.9 Å². The van der Waals surface area contributed by atoms with Crippen LogP contribution < -0.4 is 10.6 Å². The van der Waals surface area contributed by atoms with Crippen molar-refractivity contribution in [3.05, 3.63) is 47.7 Å². The summed E-state index contributed by atoms with van der Waals surface area (Å²) >= 11 is 0. The smallest absolute Gasteiger partial charge is 0.408 e. The van der Waals surface area contributed by atoms with Gasteiger partial charge in [-0.25, -0.2) is 9.59 Å². The van der Waals surface area contributed by atoms with Crippen molar-refractivity contribution in [2.24, 2.45) is 11.8 Å². The van der Waals surface area contributed by atoms with Crippen molar-refractivity contribution in [1.29, 1.82) is 0 Å². The molecule has 0 aliphatic carbocycles. The molecular formula is C24H36N4O5. The van der Waals surface area contributed by atoms with Gasteiger partial charge in [-0.15, -0.1) is 10.2 Å². The van der Waals surface area contributed by atoms with Gasteiger partial charge in [0, 0.05) is 0 Å². The van der Waals surface area contributed by atoms with E-state index in [4.69, 9.17) is 13.9 Å². The Morgan fingerprint density at radius 3 is 2.18 bits per heavy atom. The van der Waals surface area contributed by atoms with Crippen molar-refractivity contribution in [2.75, 3.05) is 0 Å². The standard InChI is InChI=1S/C24H36N4O5/c1-15(2)13-18(25-23(30)33-24(5,6)7)20-27-28-21(32-20)19(16(3)4)26-22(29)31-14-17-11-9-8-10-12-17/h8-12,15-16,18-19H,13-14H2,1-7H3,(H,25,30)(H,26,29)/t18-,19-/m0/s1. The first-order valence-corrected chi connectivity index (χ1v) is 11.2. The fourth-order valence-electron chi connectivity index (χ4n) is 3.06. The van der Waals surface area contributed by atoms with Crippen LogP contribution in [0.1, 0.15) is 84.3 Å². The lowest BCUT2D eigenvalue weighted by Gasteiger charge is -2.23. The quantitative estimate of drug-likeness (QED) is 0.521. The summed E-state index contributed by atoms with van der Waals surface area (Å²) in [5.41, 5.74) is 0.262. The molecule has 1 aromatic carbocycles. The summed E-state index contributed by atoms with van der Waals surface area (Å²) in [5.74, 6) is 0.725. The maximum atomic E-state index is 12.4. The zero-order valence-electron chi connectivity index (χ0n) is 20.5. The van der Waals surface area contributed by atoms with Gasteiger partial charge in [0.25, 0.3) is 0 Å². The number of carbonyl (C=O) groups excluding carboxylic acids is 2. The Labute approximate surface area is 195 Å². The number of ether oxygens (including phenoxy) is 2. The van der Waals surface area contributed by atoms with Gasteiger partial charge in [0.05, 0.1) is 0 Å². The number of aromatic nitrogens is 2. The van der Waals surface area contributed by atoms with Crippen molar-refractivity contribution in [3.8, 4) is 0 Å². The van der Waals surface area contributed by atoms with Crippen LogP contribution in [-0.4, -0.2) is 28.0 Å². The molecule has 2 aromatic rings. The summed E-state index contributed by atoms with van der Waals surface area (Å²) in [6.07, 6.45) is -0.557. The molecule has 0 radical (unpaired) electrons. The summed E-state index contributed by atoms with van der Waals surface area (Å²) in [7, 11) is 0. The van der Waals surface area contributed by atoms with Gasteiger partial charge in [-0.3, -0.25) is 0 Å². The minimum atomic E-state index is -0.626. The van der Waals surface area contributed by atoms with E-state index in [0.717, 1.165) is 5.56 Å². The zero-order valence-corrected chi connectivity index (χ0v) is 20.5. The second kappa shape index (κ2) is 11.7. The molecule has 2 rings (SSSR count). The number of amides is 2. The van der Waals surface area contributed by atoms with E-state index >= 15 is 0 Å². The van der Waals surface area contributed by atoms with E-state index in [1.165, 1.54) is 0 Å². The summed E-state index contributed by atoms with van der Waals surface area (Å²) < 4.78 is 16.6. The number of hydrogen-bond donors (Lipinski definition) is 2. The summed E-state index contributed by atoms with van der Waals surface area (Å²) in [6.45, 7) is 13.5. The minimum absolute atomic E-state index is 0.0371. The Bertz CT molecular complexity index is 890. The second-order valence-electron chi connectivity index (χ2n) is 9.73. The number of nitrogens with one attached hydrogen (secondary N) is 2. The second-order valence-corrected chi connectivity index (χ2v) is 9.73. The Balaban J connectivity index is 2.09. The molecule has 1 heterocycles. The average molecular weight is 461 g/mol. The van der Waals surface area contributed by atoms with Crippen molar-refractivity contribution in [2.45, 2.75) is 79.2 Å². The topological polar surface area (TPSA) is 116 Å². The zero-order chi connectivity index (χ0) is 24.6. The van der Waals surface area contributed by atoms with Gasteiger partial charge in [-0.1, -0.05) is 58.0 Å². The molecule has 0 bridgehead atoms. The SMILES string of the molecule is CC(C)C[C@H](NC(=O)OC(C)(C)C)c1nnc([C@@H](NC(=O)OCc2ccccc2)C(C)C)o1. The molecular weight excluding hydrogens is 424 g/mol. The monoisotopic (exact) mass is 460 g/mol. The van der Waals surface area contributed by atoms with E-state index in [1.807, 2.05) is 58.0 Å². The lowest BCUT2D eigenvalue weighted by molar-refractivity contribution is 0.0488. The highest BCUT2D eigenvalue weighted by Gasteiger charge is 2.29. The van der Waals surface area contributed by atoms with Gasteiger partial charge in [0.15, 0.2) is 0 Å². The first kappa shape index (κ1) is 26.2. The predicted octanol–water partition coefficient (Wildman–Crippen LogP) is 5.31. The minimum Gasteiger partial charge on any atom is -0.445 e. The number of hydrogen-bond acceptors (Lipinski definition) is 7. The Hall–Kier alpha value is -3.10. The first-order chi connectivity index (χ1) is 15.4. The molecule has 0 unspecified atom stereocenters. The molecule has 0 aliphatic heterocycles. The highest BCUT2D eigenvalue weighted by molar-refractivity contribution is 5.68. The Morgan fingerprint density at radius 1 is 0.970 bits per heavy atom. The number of benzene rings is 1. The molecule has 0 saturated heterocycles. The highest BCUT2D eigenvalue weighted by Crippen LogP contribution is 2.26. The molecule has 0 fully saturated rings. The number of nitrogens with zero attached hydrogens (tertiary/aromatic N) is 2. The number of carbonyl (C=O) groups is 2. The van der Waals surface area contributed by atoms with Crippen LogP contribution >= 0.6 is 0 Å². The van der Waals surface area contributed by atoms with E-state index in [2.05, 4.69) is 20.8 Å². The van der Waals surface area contributed by atoms with Crippen LogP contribution in [-0.2, 0) is 16.1 Å². The van der Waals surface area contributed by atoms with Crippen molar-refractivity contribution in [1.82, 2.24) is 20.8 Å². The first-order valence-electron chi connectivity index (χ1n) is 11.2. The maximum Gasteiger partial charge on any atom is 0.408 e. The summed E-state index contributed by atoms with van der Waals surface area (Å²) in [4.78, 5) is 24.7. The van der Waals surface area contributed by atoms with Crippen LogP contribution in [0.15, 0.2) is 34.7 Å². The van der Waals surface area contributed by atoms with Gasteiger partial charge in [-0.05, 0) is 44.6 Å². The van der Waals surface area contributed by atoms with Gasteiger partial charge >= 0.3 is 12.2 Å². The Morgan fingerprint density at radius 2 is 1.61 bits per heavy atom. The predicted molar refractivity (Wildman–Crippen MR) is 123 cm³/mol. The lowest BCUT2D eigenvalue weighted by Crippen LogP contribution is -2.35. The molecule has 182 valence electrons. The maximum absolute atomic E-state index is 12.4. The third-order valence-electron chi connectivity index (χ3n) is 4.57. The fourth-order valence-corrected chi connectivity index (χ4v) is 3.06. The van der Waals surface area contributed by atoms with Crippen molar-refractivity contribution < 1.29 is 23.5 Å². The fraction of sp³-hybridized carbons (Fsp3) is 0.583. The normalized spacial score (nSPS) is 13.5. The van der Waals surface area contributed by atoms with E-state index in [0.29, 0.717) is 6.42 Å². The molecule has 9 heteroatoms. The molecule has 1 aromatic heterocycles. The molecule has 33 heavy (non-hydrogen) atoms. The third kappa shape index (κ3) is 9.11. The van der Waals surface area contributed by atoms with Crippen LogP contribution in [0.4, 0.5) is 9.59 Å². The molecule has 0 saturated carbocycles. The lowest BCUT2D eigenvalue weighted by atomic mass is 10.0. The number of alkyl carbamates (subject to hydrolysis) is 2. The number of rotatable bonds is 9. The van der Waals surface area contributed by atoms with Crippen molar-refractivity contribution >= 4 is 12.2 Å². The molecule has 0 aliphatic rings.